The largest absolute Gasteiger partial charge is 0.478 e. The van der Waals surface area contributed by atoms with Crippen molar-refractivity contribution in [3.8, 4) is 0 Å². The Morgan fingerprint density at radius 1 is 1.32 bits per heavy atom. The molecular weight excluding hydrogens is 288 g/mol. The minimum atomic E-state index is -1.07. The summed E-state index contributed by atoms with van der Waals surface area (Å²) in [4.78, 5) is 22.4. The summed E-state index contributed by atoms with van der Waals surface area (Å²) in [6, 6.07) is 6.30. The number of hydrogen-bond acceptors (Lipinski definition) is 3. The third-order valence-corrected chi connectivity index (χ3v) is 2.67. The van der Waals surface area contributed by atoms with Gasteiger partial charge in [0.05, 0.1) is 11.3 Å². The van der Waals surface area contributed by atoms with Crippen molar-refractivity contribution < 1.29 is 14.7 Å². The Morgan fingerprint density at radius 3 is 2.63 bits per heavy atom. The van der Waals surface area contributed by atoms with Crippen molar-refractivity contribution in [1.29, 1.82) is 0 Å². The van der Waals surface area contributed by atoms with Crippen LogP contribution in [0, 0.1) is 0 Å². The second kappa shape index (κ2) is 7.70. The number of carboxylic acid groups (broad SMARTS) is 1. The van der Waals surface area contributed by atoms with Crippen molar-refractivity contribution in [3.63, 3.8) is 0 Å². The summed E-state index contributed by atoms with van der Waals surface area (Å²) < 4.78 is 0. The lowest BCUT2D eigenvalue weighted by molar-refractivity contribution is -0.119. The van der Waals surface area contributed by atoms with Gasteiger partial charge >= 0.3 is 5.97 Å². The zero-order valence-electron chi connectivity index (χ0n) is 9.98. The topological polar surface area (TPSA) is 78.4 Å². The van der Waals surface area contributed by atoms with E-state index >= 15 is 0 Å². The normalized spacial score (nSPS) is 9.74. The Hall–Kier alpha value is -1.66. The van der Waals surface area contributed by atoms with E-state index in [2.05, 4.69) is 10.6 Å². The molecule has 0 spiro atoms. The lowest BCUT2D eigenvalue weighted by Gasteiger charge is -2.11. The zero-order chi connectivity index (χ0) is 14.3. The number of hydrogen-bond donors (Lipinski definition) is 3. The van der Waals surface area contributed by atoms with Crippen LogP contribution in [-0.4, -0.2) is 28.0 Å². The van der Waals surface area contributed by atoms with Crippen molar-refractivity contribution in [2.24, 2.45) is 0 Å². The number of para-hydroxylation sites is 1. The van der Waals surface area contributed by atoms with Gasteiger partial charge in [0.15, 0.2) is 5.11 Å². The van der Waals surface area contributed by atoms with Gasteiger partial charge in [0.1, 0.15) is 0 Å². The first-order valence-corrected chi connectivity index (χ1v) is 6.48. The average molecular weight is 301 g/mol. The van der Waals surface area contributed by atoms with E-state index in [0.29, 0.717) is 18.0 Å². The highest BCUT2D eigenvalue weighted by Crippen LogP contribution is 2.14. The van der Waals surface area contributed by atoms with Crippen LogP contribution in [0.2, 0.25) is 0 Å². The van der Waals surface area contributed by atoms with Crippen molar-refractivity contribution in [2.75, 3.05) is 11.2 Å². The molecule has 0 unspecified atom stereocenters. The van der Waals surface area contributed by atoms with E-state index in [1.165, 1.54) is 6.07 Å². The lowest BCUT2D eigenvalue weighted by atomic mass is 10.2. The number of benzene rings is 1. The Labute approximate surface area is 121 Å². The predicted molar refractivity (Wildman–Crippen MR) is 77.7 cm³/mol. The van der Waals surface area contributed by atoms with Crippen LogP contribution in [-0.2, 0) is 4.79 Å². The Kier molecular flexibility index (Phi) is 6.24. The third-order valence-electron chi connectivity index (χ3n) is 2.20. The molecule has 1 rings (SSSR count). The molecule has 0 aliphatic rings. The number of nitrogens with one attached hydrogen (secondary N) is 2. The molecule has 0 aliphatic heterocycles. The smallest absolute Gasteiger partial charge is 0.337 e. The molecule has 0 saturated heterocycles. The fourth-order valence-electron chi connectivity index (χ4n) is 1.35. The van der Waals surface area contributed by atoms with E-state index in [9.17, 15) is 9.59 Å². The van der Waals surface area contributed by atoms with Crippen molar-refractivity contribution in [2.45, 2.75) is 12.8 Å². The number of carboxylic acids is 1. The molecule has 102 valence electrons. The maximum atomic E-state index is 11.4. The number of aromatic carboxylic acids is 1. The maximum absolute atomic E-state index is 11.4. The second-order valence-corrected chi connectivity index (χ2v) is 4.43. The molecular formula is C12H13ClN2O3S. The van der Waals surface area contributed by atoms with Crippen LogP contribution < -0.4 is 10.6 Å². The van der Waals surface area contributed by atoms with Crippen LogP contribution in [0.15, 0.2) is 24.3 Å². The minimum absolute atomic E-state index is 0.0632. The highest BCUT2D eigenvalue weighted by atomic mass is 35.5. The highest BCUT2D eigenvalue weighted by molar-refractivity contribution is 7.80. The van der Waals surface area contributed by atoms with E-state index in [1.807, 2.05) is 0 Å². The Bertz CT molecular complexity index is 494. The summed E-state index contributed by atoms with van der Waals surface area (Å²) in [5.41, 5.74) is 0.414. The second-order valence-electron chi connectivity index (χ2n) is 3.65. The van der Waals surface area contributed by atoms with Gasteiger partial charge in [-0.05, 0) is 30.8 Å². The summed E-state index contributed by atoms with van der Waals surface area (Å²) in [6.45, 7) is 0. The van der Waals surface area contributed by atoms with Crippen LogP contribution in [0.4, 0.5) is 5.69 Å². The van der Waals surface area contributed by atoms with Gasteiger partial charge in [-0.25, -0.2) is 4.79 Å². The molecule has 0 bridgehead atoms. The molecule has 3 N–H and O–H groups in total. The van der Waals surface area contributed by atoms with Gasteiger partial charge in [0.25, 0.3) is 0 Å². The van der Waals surface area contributed by atoms with Crippen molar-refractivity contribution in [1.82, 2.24) is 5.32 Å². The van der Waals surface area contributed by atoms with Crippen LogP contribution in [0.5, 0.6) is 0 Å². The Morgan fingerprint density at radius 2 is 2.00 bits per heavy atom. The molecule has 19 heavy (non-hydrogen) atoms. The van der Waals surface area contributed by atoms with Crippen LogP contribution in [0.1, 0.15) is 23.2 Å². The monoisotopic (exact) mass is 300 g/mol. The quantitative estimate of drug-likeness (QED) is 0.574. The molecule has 0 aliphatic carbocycles. The van der Waals surface area contributed by atoms with Crippen molar-refractivity contribution >= 4 is 46.5 Å². The van der Waals surface area contributed by atoms with E-state index in [1.54, 1.807) is 18.2 Å². The van der Waals surface area contributed by atoms with E-state index in [0.717, 1.165) is 0 Å². The first kappa shape index (κ1) is 15.4. The number of amides is 1. The molecule has 0 heterocycles. The first-order chi connectivity index (χ1) is 9.04. The fraction of sp³-hybridized carbons (Fsp3) is 0.250. The van der Waals surface area contributed by atoms with Gasteiger partial charge < -0.3 is 15.7 Å². The molecule has 7 heteroatoms. The van der Waals surface area contributed by atoms with E-state index < -0.39 is 5.97 Å². The molecule has 0 fully saturated rings. The number of carbonyl (C=O) groups is 2. The minimum Gasteiger partial charge on any atom is -0.478 e. The first-order valence-electron chi connectivity index (χ1n) is 5.53. The average Bonchev–Trinajstić information content (AvgIpc) is 2.36. The summed E-state index contributed by atoms with van der Waals surface area (Å²) in [7, 11) is 0. The van der Waals surface area contributed by atoms with E-state index in [4.69, 9.17) is 28.9 Å². The van der Waals surface area contributed by atoms with Gasteiger partial charge in [0, 0.05) is 12.3 Å². The summed E-state index contributed by atoms with van der Waals surface area (Å²) in [6.07, 6.45) is 0.827. The number of anilines is 1. The van der Waals surface area contributed by atoms with Gasteiger partial charge in [-0.1, -0.05) is 12.1 Å². The number of halogens is 1. The summed E-state index contributed by atoms with van der Waals surface area (Å²) >= 11 is 10.4. The molecule has 0 radical (unpaired) electrons. The van der Waals surface area contributed by atoms with Crippen LogP contribution in [0.3, 0.4) is 0 Å². The summed E-state index contributed by atoms with van der Waals surface area (Å²) in [5.74, 6) is -0.930. The van der Waals surface area contributed by atoms with Crippen LogP contribution >= 0.6 is 23.8 Å². The molecule has 1 aromatic rings. The van der Waals surface area contributed by atoms with Crippen molar-refractivity contribution in [3.05, 3.63) is 29.8 Å². The highest BCUT2D eigenvalue weighted by Gasteiger charge is 2.11. The van der Waals surface area contributed by atoms with Gasteiger partial charge in [0.2, 0.25) is 5.91 Å². The summed E-state index contributed by atoms with van der Waals surface area (Å²) in [5, 5.41) is 14.2. The number of thiocarbonyl (C=S) groups is 1. The maximum Gasteiger partial charge on any atom is 0.337 e. The SMILES string of the molecule is O=C(CCCCl)NC(=S)Nc1ccccc1C(=O)O. The van der Waals surface area contributed by atoms with Gasteiger partial charge in [-0.15, -0.1) is 11.6 Å². The lowest BCUT2D eigenvalue weighted by Crippen LogP contribution is -2.34. The zero-order valence-corrected chi connectivity index (χ0v) is 11.6. The van der Waals surface area contributed by atoms with Gasteiger partial charge in [-0.2, -0.15) is 0 Å². The predicted octanol–water partition coefficient (Wildman–Crippen LogP) is 2.22. The Balaban J connectivity index is 2.62. The number of alkyl halides is 1. The van der Waals surface area contributed by atoms with Crippen LogP contribution in [0.25, 0.3) is 0 Å². The molecule has 1 amide bonds. The fourth-order valence-corrected chi connectivity index (χ4v) is 1.71. The van der Waals surface area contributed by atoms with Gasteiger partial charge in [-0.3, -0.25) is 4.79 Å². The standard InChI is InChI=1S/C12H13ClN2O3S/c13-7-3-6-10(16)15-12(19)14-9-5-2-1-4-8(9)11(17)18/h1-2,4-5H,3,6-7H2,(H,17,18)(H2,14,15,16,19). The number of rotatable bonds is 5. The molecule has 0 atom stereocenters. The molecule has 0 aromatic heterocycles. The number of carbonyl (C=O) groups excluding carboxylic acids is 1. The van der Waals surface area contributed by atoms with E-state index in [-0.39, 0.29) is 23.0 Å². The third kappa shape index (κ3) is 5.23. The molecule has 0 saturated carbocycles. The molecule has 1 aromatic carbocycles. The molecule has 5 nitrogen and oxygen atoms in total.